The van der Waals surface area contributed by atoms with Crippen LogP contribution in [-0.4, -0.2) is 27.4 Å². The minimum atomic E-state index is 0.752. The zero-order valence-electron chi connectivity index (χ0n) is 7.15. The van der Waals surface area contributed by atoms with Gasteiger partial charge in [-0.05, 0) is 12.1 Å². The summed E-state index contributed by atoms with van der Waals surface area (Å²) >= 11 is 0. The van der Waals surface area contributed by atoms with Crippen LogP contribution in [-0.2, 0) is 0 Å². The van der Waals surface area contributed by atoms with Crippen molar-refractivity contribution < 1.29 is 0 Å². The van der Waals surface area contributed by atoms with Crippen LogP contribution < -0.4 is 5.32 Å². The van der Waals surface area contributed by atoms with Gasteiger partial charge in [0.1, 0.15) is 5.69 Å². The molecule has 0 spiro atoms. The molecule has 2 aromatic heterocycles. The second-order valence-electron chi connectivity index (χ2n) is 2.54. The Kier molecular flexibility index (Phi) is 1.91. The summed E-state index contributed by atoms with van der Waals surface area (Å²) in [5, 5.41) is 13.2. The monoisotopic (exact) mass is 175 g/mol. The van der Waals surface area contributed by atoms with Crippen molar-refractivity contribution in [3.63, 3.8) is 0 Å². The normalized spacial score (nSPS) is 9.92. The SMILES string of the molecule is CNc1ccc(-c2cn[nH]n2)nc1. The smallest absolute Gasteiger partial charge is 0.131 e. The van der Waals surface area contributed by atoms with E-state index in [0.717, 1.165) is 17.1 Å². The van der Waals surface area contributed by atoms with E-state index in [4.69, 9.17) is 0 Å². The second kappa shape index (κ2) is 3.22. The van der Waals surface area contributed by atoms with Crippen molar-refractivity contribution in [3.8, 4) is 11.4 Å². The minimum absolute atomic E-state index is 0.752. The average Bonchev–Trinajstić information content (AvgIpc) is 2.71. The Labute approximate surface area is 75.2 Å². The van der Waals surface area contributed by atoms with Crippen LogP contribution in [0.5, 0.6) is 0 Å². The number of rotatable bonds is 2. The van der Waals surface area contributed by atoms with Gasteiger partial charge in [-0.25, -0.2) is 0 Å². The Hall–Kier alpha value is -1.91. The number of hydrogen-bond donors (Lipinski definition) is 2. The van der Waals surface area contributed by atoms with Crippen LogP contribution in [0.2, 0.25) is 0 Å². The molecule has 13 heavy (non-hydrogen) atoms. The average molecular weight is 175 g/mol. The molecule has 0 aliphatic heterocycles. The minimum Gasteiger partial charge on any atom is -0.387 e. The van der Waals surface area contributed by atoms with Gasteiger partial charge in [0.05, 0.1) is 23.8 Å². The number of hydrogen-bond acceptors (Lipinski definition) is 4. The first-order valence-corrected chi connectivity index (χ1v) is 3.90. The highest BCUT2D eigenvalue weighted by Crippen LogP contribution is 2.13. The first-order chi connectivity index (χ1) is 6.40. The lowest BCUT2D eigenvalue weighted by Gasteiger charge is -1.98. The van der Waals surface area contributed by atoms with Gasteiger partial charge >= 0.3 is 0 Å². The molecular formula is C8H9N5. The maximum absolute atomic E-state index is 4.21. The van der Waals surface area contributed by atoms with E-state index in [0.29, 0.717) is 0 Å². The van der Waals surface area contributed by atoms with Gasteiger partial charge in [0.25, 0.3) is 0 Å². The summed E-state index contributed by atoms with van der Waals surface area (Å²) < 4.78 is 0. The molecule has 5 nitrogen and oxygen atoms in total. The molecule has 0 bridgehead atoms. The Morgan fingerprint density at radius 2 is 2.15 bits per heavy atom. The molecule has 0 saturated heterocycles. The third-order valence-corrected chi connectivity index (χ3v) is 1.73. The van der Waals surface area contributed by atoms with Crippen molar-refractivity contribution >= 4 is 5.69 Å². The lowest BCUT2D eigenvalue weighted by atomic mass is 10.3. The highest BCUT2D eigenvalue weighted by Gasteiger charge is 2.00. The van der Waals surface area contributed by atoms with Gasteiger partial charge in [0, 0.05) is 7.05 Å². The molecule has 2 N–H and O–H groups in total. The Morgan fingerprint density at radius 3 is 2.69 bits per heavy atom. The number of anilines is 1. The zero-order valence-corrected chi connectivity index (χ0v) is 7.15. The molecule has 0 atom stereocenters. The van der Waals surface area contributed by atoms with Crippen molar-refractivity contribution in [1.82, 2.24) is 20.4 Å². The largest absolute Gasteiger partial charge is 0.387 e. The van der Waals surface area contributed by atoms with Crippen molar-refractivity contribution in [2.75, 3.05) is 12.4 Å². The third kappa shape index (κ3) is 1.48. The number of nitrogens with one attached hydrogen (secondary N) is 2. The van der Waals surface area contributed by atoms with Crippen LogP contribution in [0.1, 0.15) is 0 Å². The molecule has 2 aromatic rings. The summed E-state index contributed by atoms with van der Waals surface area (Å²) in [5.74, 6) is 0. The van der Waals surface area contributed by atoms with E-state index < -0.39 is 0 Å². The van der Waals surface area contributed by atoms with E-state index in [2.05, 4.69) is 25.7 Å². The van der Waals surface area contributed by atoms with E-state index in [1.165, 1.54) is 0 Å². The van der Waals surface area contributed by atoms with Crippen LogP contribution in [0, 0.1) is 0 Å². The molecule has 2 heterocycles. The number of pyridine rings is 1. The van der Waals surface area contributed by atoms with Crippen molar-refractivity contribution in [2.24, 2.45) is 0 Å². The van der Waals surface area contributed by atoms with Gasteiger partial charge in [-0.2, -0.15) is 15.4 Å². The van der Waals surface area contributed by atoms with Gasteiger partial charge in [0.2, 0.25) is 0 Å². The topological polar surface area (TPSA) is 66.5 Å². The summed E-state index contributed by atoms with van der Waals surface area (Å²) in [5.41, 5.74) is 2.54. The molecule has 0 radical (unpaired) electrons. The summed E-state index contributed by atoms with van der Waals surface area (Å²) in [7, 11) is 1.85. The predicted octanol–water partition coefficient (Wildman–Crippen LogP) is 0.908. The standard InChI is InChI=1S/C8H9N5/c1-9-6-2-3-7(10-4-6)8-5-11-13-12-8/h2-5,9H,1H3,(H,11,12,13). The van der Waals surface area contributed by atoms with Gasteiger partial charge in [-0.15, -0.1) is 0 Å². The number of H-pyrrole nitrogens is 1. The lowest BCUT2D eigenvalue weighted by molar-refractivity contribution is 0.941. The Bertz CT molecular complexity index is 364. The second-order valence-corrected chi connectivity index (χ2v) is 2.54. The first-order valence-electron chi connectivity index (χ1n) is 3.90. The predicted molar refractivity (Wildman–Crippen MR) is 49.2 cm³/mol. The number of aromatic amines is 1. The van der Waals surface area contributed by atoms with Crippen LogP contribution in [0.15, 0.2) is 24.5 Å². The fourth-order valence-electron chi connectivity index (χ4n) is 1.02. The molecule has 0 fully saturated rings. The highest BCUT2D eigenvalue weighted by molar-refractivity contribution is 5.55. The van der Waals surface area contributed by atoms with Gasteiger partial charge < -0.3 is 5.32 Å². The van der Waals surface area contributed by atoms with E-state index >= 15 is 0 Å². The molecule has 0 aromatic carbocycles. The van der Waals surface area contributed by atoms with Gasteiger partial charge in [0.15, 0.2) is 0 Å². The first kappa shape index (κ1) is 7.72. The quantitative estimate of drug-likeness (QED) is 0.711. The molecule has 5 heteroatoms. The summed E-state index contributed by atoms with van der Waals surface area (Å²) in [6.07, 6.45) is 3.39. The van der Waals surface area contributed by atoms with Crippen LogP contribution >= 0.6 is 0 Å². The third-order valence-electron chi connectivity index (χ3n) is 1.73. The maximum Gasteiger partial charge on any atom is 0.131 e. The van der Waals surface area contributed by atoms with Gasteiger partial charge in [-0.3, -0.25) is 4.98 Å². The van der Waals surface area contributed by atoms with Crippen LogP contribution in [0.25, 0.3) is 11.4 Å². The van der Waals surface area contributed by atoms with E-state index in [1.54, 1.807) is 12.4 Å². The fourth-order valence-corrected chi connectivity index (χ4v) is 1.02. The summed E-state index contributed by atoms with van der Waals surface area (Å²) in [6.45, 7) is 0. The number of aromatic nitrogens is 4. The maximum atomic E-state index is 4.21. The molecule has 2 rings (SSSR count). The molecule has 0 saturated carbocycles. The van der Waals surface area contributed by atoms with Crippen molar-refractivity contribution in [3.05, 3.63) is 24.5 Å². The summed E-state index contributed by atoms with van der Waals surface area (Å²) in [6, 6.07) is 3.83. The van der Waals surface area contributed by atoms with Crippen molar-refractivity contribution in [1.29, 1.82) is 0 Å². The zero-order chi connectivity index (χ0) is 9.10. The lowest BCUT2D eigenvalue weighted by Crippen LogP contribution is -1.90. The highest BCUT2D eigenvalue weighted by atomic mass is 15.3. The van der Waals surface area contributed by atoms with Crippen molar-refractivity contribution in [2.45, 2.75) is 0 Å². The van der Waals surface area contributed by atoms with E-state index in [1.807, 2.05) is 19.2 Å². The number of nitrogens with zero attached hydrogens (tertiary/aromatic N) is 3. The van der Waals surface area contributed by atoms with Crippen LogP contribution in [0.3, 0.4) is 0 Å². The molecule has 0 aliphatic carbocycles. The van der Waals surface area contributed by atoms with E-state index in [9.17, 15) is 0 Å². The molecule has 66 valence electrons. The Morgan fingerprint density at radius 1 is 1.23 bits per heavy atom. The molecular weight excluding hydrogens is 166 g/mol. The van der Waals surface area contributed by atoms with E-state index in [-0.39, 0.29) is 0 Å². The summed E-state index contributed by atoms with van der Waals surface area (Å²) in [4.78, 5) is 4.21. The molecule has 0 amide bonds. The molecule has 0 unspecified atom stereocenters. The molecule has 0 aliphatic rings. The Balaban J connectivity index is 2.33. The van der Waals surface area contributed by atoms with Gasteiger partial charge in [-0.1, -0.05) is 0 Å². The fraction of sp³-hybridized carbons (Fsp3) is 0.125. The van der Waals surface area contributed by atoms with Crippen LogP contribution in [0.4, 0.5) is 5.69 Å².